The maximum atomic E-state index is 12.6. The van der Waals surface area contributed by atoms with E-state index in [1.54, 1.807) is 0 Å². The van der Waals surface area contributed by atoms with Crippen molar-refractivity contribution < 1.29 is 4.79 Å². The van der Waals surface area contributed by atoms with E-state index in [1.807, 2.05) is 28.1 Å². The number of carbonyl (C=O) groups excluding carboxylic acids is 1. The third kappa shape index (κ3) is 2.22. The zero-order valence-corrected chi connectivity index (χ0v) is 13.2. The molecule has 2 fully saturated rings. The molecule has 0 N–H and O–H groups in total. The average molecular weight is 371 g/mol. The fourth-order valence-electron chi connectivity index (χ4n) is 3.33. The lowest BCUT2D eigenvalue weighted by Gasteiger charge is -2.31. The molecule has 1 aromatic rings. The molecule has 2 heterocycles. The maximum Gasteiger partial charge on any atom is 0.326 e. The van der Waals surface area contributed by atoms with Crippen molar-refractivity contribution in [2.45, 2.75) is 44.7 Å². The number of pyridine rings is 1. The lowest BCUT2D eigenvalue weighted by atomic mass is 9.90. The Hall–Kier alpha value is -0.850. The summed E-state index contributed by atoms with van der Waals surface area (Å²) in [6.07, 6.45) is 6.51. The van der Waals surface area contributed by atoms with Crippen LogP contribution in [0.5, 0.6) is 0 Å². The molecule has 1 aromatic heterocycles. The fraction of sp³-hybridized carbons (Fsp3) is 0.571. The first-order valence-electron chi connectivity index (χ1n) is 6.93. The van der Waals surface area contributed by atoms with Gasteiger partial charge in [0.2, 0.25) is 0 Å². The van der Waals surface area contributed by atoms with Crippen molar-refractivity contribution in [2.24, 2.45) is 0 Å². The van der Waals surface area contributed by atoms with Gasteiger partial charge in [-0.05, 0) is 54.5 Å². The number of rotatable bonds is 2. The number of likely N-dealkylation sites (N-methyl/N-ethyl adjacent to an activating group) is 1. The first-order valence-corrected chi connectivity index (χ1v) is 8.01. The van der Waals surface area contributed by atoms with Gasteiger partial charge in [-0.15, -0.1) is 0 Å². The molecule has 102 valence electrons. The molecule has 2 atom stereocenters. The molecule has 0 spiro atoms. The van der Waals surface area contributed by atoms with Crippen molar-refractivity contribution in [1.29, 1.82) is 0 Å². The maximum absolute atomic E-state index is 12.6. The standard InChI is InChI=1S/C14H18IN3O/c1-2-17-11-5-3-4-6-12(11)18(14(17)19)13-8-7-10(15)9-16-13/h7-9,11-12H,2-6H2,1H3/t11-,12-/m0/s1. The Balaban J connectivity index is 1.95. The molecule has 19 heavy (non-hydrogen) atoms. The normalized spacial score (nSPS) is 26.7. The average Bonchev–Trinajstić information content (AvgIpc) is 2.71. The van der Waals surface area contributed by atoms with E-state index in [2.05, 4.69) is 34.5 Å². The van der Waals surface area contributed by atoms with Gasteiger partial charge in [0, 0.05) is 16.3 Å². The summed E-state index contributed by atoms with van der Waals surface area (Å²) in [6.45, 7) is 2.86. The van der Waals surface area contributed by atoms with Crippen molar-refractivity contribution in [3.63, 3.8) is 0 Å². The number of hydrogen-bond acceptors (Lipinski definition) is 2. The third-order valence-electron chi connectivity index (χ3n) is 4.18. The molecule has 1 saturated carbocycles. The minimum atomic E-state index is 0.133. The molecule has 2 aliphatic rings. The predicted octanol–water partition coefficient (Wildman–Crippen LogP) is 3.26. The van der Waals surface area contributed by atoms with Gasteiger partial charge in [0.15, 0.2) is 0 Å². The Morgan fingerprint density at radius 1 is 1.32 bits per heavy atom. The summed E-state index contributed by atoms with van der Waals surface area (Å²) in [5.74, 6) is 0.804. The van der Waals surface area contributed by atoms with Gasteiger partial charge in [-0.25, -0.2) is 9.78 Å². The molecule has 1 aliphatic carbocycles. The summed E-state index contributed by atoms with van der Waals surface area (Å²) in [7, 11) is 0. The molecule has 1 aliphatic heterocycles. The van der Waals surface area contributed by atoms with Gasteiger partial charge in [-0.2, -0.15) is 0 Å². The van der Waals surface area contributed by atoms with Crippen LogP contribution in [0, 0.1) is 3.57 Å². The lowest BCUT2D eigenvalue weighted by Crippen LogP contribution is -2.40. The topological polar surface area (TPSA) is 36.4 Å². The van der Waals surface area contributed by atoms with E-state index in [9.17, 15) is 4.79 Å². The van der Waals surface area contributed by atoms with Crippen LogP contribution >= 0.6 is 22.6 Å². The van der Waals surface area contributed by atoms with Crippen LogP contribution in [-0.4, -0.2) is 34.5 Å². The van der Waals surface area contributed by atoms with Gasteiger partial charge < -0.3 is 4.90 Å². The highest BCUT2D eigenvalue weighted by Gasteiger charge is 2.46. The summed E-state index contributed by atoms with van der Waals surface area (Å²) in [4.78, 5) is 21.0. The SMILES string of the molecule is CCN1C(=O)N(c2ccc(I)cn2)[C@H]2CCCC[C@@H]21. The quantitative estimate of drug-likeness (QED) is 0.749. The molecule has 1 saturated heterocycles. The van der Waals surface area contributed by atoms with Crippen LogP contribution in [0.25, 0.3) is 0 Å². The second-order valence-electron chi connectivity index (χ2n) is 5.19. The molecule has 0 unspecified atom stereocenters. The molecule has 2 amide bonds. The largest absolute Gasteiger partial charge is 0.326 e. The van der Waals surface area contributed by atoms with E-state index in [0.717, 1.165) is 28.8 Å². The minimum absolute atomic E-state index is 0.133. The molecular weight excluding hydrogens is 353 g/mol. The third-order valence-corrected chi connectivity index (χ3v) is 4.82. The highest BCUT2D eigenvalue weighted by molar-refractivity contribution is 14.1. The Labute approximate surface area is 127 Å². The highest BCUT2D eigenvalue weighted by atomic mass is 127. The van der Waals surface area contributed by atoms with Crippen molar-refractivity contribution in [1.82, 2.24) is 9.88 Å². The minimum Gasteiger partial charge on any atom is -0.320 e. The number of aromatic nitrogens is 1. The van der Waals surface area contributed by atoms with Gasteiger partial charge in [0.05, 0.1) is 12.1 Å². The van der Waals surface area contributed by atoms with E-state index in [1.165, 1.54) is 12.8 Å². The number of anilines is 1. The molecular formula is C14H18IN3O. The number of fused-ring (bicyclic) bond motifs is 1. The summed E-state index contributed by atoms with van der Waals surface area (Å²) in [5.41, 5.74) is 0. The fourth-order valence-corrected chi connectivity index (χ4v) is 3.65. The molecule has 0 radical (unpaired) electrons. The Morgan fingerprint density at radius 2 is 2.05 bits per heavy atom. The molecule has 0 bridgehead atoms. The number of urea groups is 1. The first-order chi connectivity index (χ1) is 9.22. The predicted molar refractivity (Wildman–Crippen MR) is 83.3 cm³/mol. The second kappa shape index (κ2) is 5.26. The van der Waals surface area contributed by atoms with Crippen LogP contribution in [0.3, 0.4) is 0 Å². The van der Waals surface area contributed by atoms with Crippen molar-refractivity contribution in [3.05, 3.63) is 21.9 Å². The smallest absolute Gasteiger partial charge is 0.320 e. The van der Waals surface area contributed by atoms with Gasteiger partial charge in [-0.3, -0.25) is 4.90 Å². The van der Waals surface area contributed by atoms with Crippen LogP contribution in [0.1, 0.15) is 32.6 Å². The summed E-state index contributed by atoms with van der Waals surface area (Å²) in [5, 5.41) is 0. The van der Waals surface area contributed by atoms with Gasteiger partial charge >= 0.3 is 6.03 Å². The van der Waals surface area contributed by atoms with Crippen molar-refractivity contribution in [3.8, 4) is 0 Å². The van der Waals surface area contributed by atoms with Crippen LogP contribution in [-0.2, 0) is 0 Å². The van der Waals surface area contributed by atoms with Gasteiger partial charge in [0.1, 0.15) is 5.82 Å². The van der Waals surface area contributed by atoms with E-state index in [0.29, 0.717) is 12.1 Å². The highest BCUT2D eigenvalue weighted by Crippen LogP contribution is 2.36. The number of carbonyl (C=O) groups is 1. The number of halogens is 1. The lowest BCUT2D eigenvalue weighted by molar-refractivity contribution is 0.195. The zero-order valence-electron chi connectivity index (χ0n) is 11.1. The molecule has 0 aromatic carbocycles. The Kier molecular flexibility index (Phi) is 3.64. The number of nitrogens with zero attached hydrogens (tertiary/aromatic N) is 3. The number of hydrogen-bond donors (Lipinski definition) is 0. The zero-order chi connectivity index (χ0) is 13.4. The van der Waals surface area contributed by atoms with Crippen LogP contribution < -0.4 is 4.90 Å². The molecule has 3 rings (SSSR count). The monoisotopic (exact) mass is 371 g/mol. The van der Waals surface area contributed by atoms with Gasteiger partial charge in [0.25, 0.3) is 0 Å². The van der Waals surface area contributed by atoms with E-state index in [-0.39, 0.29) is 6.03 Å². The van der Waals surface area contributed by atoms with Crippen LogP contribution in [0.4, 0.5) is 10.6 Å². The van der Waals surface area contributed by atoms with Crippen molar-refractivity contribution in [2.75, 3.05) is 11.4 Å². The van der Waals surface area contributed by atoms with E-state index < -0.39 is 0 Å². The van der Waals surface area contributed by atoms with Crippen molar-refractivity contribution >= 4 is 34.4 Å². The Morgan fingerprint density at radius 3 is 2.68 bits per heavy atom. The van der Waals surface area contributed by atoms with E-state index >= 15 is 0 Å². The van der Waals surface area contributed by atoms with Crippen LogP contribution in [0.15, 0.2) is 18.3 Å². The summed E-state index contributed by atoms with van der Waals surface area (Å²) < 4.78 is 1.10. The van der Waals surface area contributed by atoms with E-state index in [4.69, 9.17) is 0 Å². The molecule has 4 nitrogen and oxygen atoms in total. The van der Waals surface area contributed by atoms with Gasteiger partial charge in [-0.1, -0.05) is 12.8 Å². The number of amides is 2. The summed E-state index contributed by atoms with van der Waals surface area (Å²) >= 11 is 2.24. The Bertz CT molecular complexity index is 476. The summed E-state index contributed by atoms with van der Waals surface area (Å²) in [6, 6.07) is 4.81. The second-order valence-corrected chi connectivity index (χ2v) is 6.44. The van der Waals surface area contributed by atoms with Crippen LogP contribution in [0.2, 0.25) is 0 Å². The molecule has 5 heteroatoms. The first kappa shape index (κ1) is 13.1.